The average molecular weight is 344 g/mol. The van der Waals surface area contributed by atoms with Crippen LogP contribution in [0, 0.1) is 5.92 Å². The number of nitrogens with one attached hydrogen (secondary N) is 1. The van der Waals surface area contributed by atoms with Crippen molar-refractivity contribution in [2.24, 2.45) is 5.92 Å². The van der Waals surface area contributed by atoms with Gasteiger partial charge in [-0.25, -0.2) is 4.79 Å². The standard InChI is InChI=1S/C18H24N4O3/c1-18(2)16(24)22(17(25)20-18)12-15(23)21-9-5-6-13(11-21)10-14-7-3-4-8-19-14/h3-4,7-8,13H,5-6,9-12H2,1-2H3,(H,20,25). The molecule has 3 heterocycles. The molecule has 2 fully saturated rings. The molecule has 1 atom stereocenters. The summed E-state index contributed by atoms with van der Waals surface area (Å²) in [7, 11) is 0. The molecule has 1 unspecified atom stereocenters. The van der Waals surface area contributed by atoms with E-state index >= 15 is 0 Å². The minimum Gasteiger partial charge on any atom is -0.341 e. The molecule has 134 valence electrons. The lowest BCUT2D eigenvalue weighted by Gasteiger charge is -2.33. The van der Waals surface area contributed by atoms with Gasteiger partial charge in [0.25, 0.3) is 5.91 Å². The fourth-order valence-corrected chi connectivity index (χ4v) is 3.47. The molecule has 2 saturated heterocycles. The minimum absolute atomic E-state index is 0.174. The molecule has 0 saturated carbocycles. The topological polar surface area (TPSA) is 82.6 Å². The van der Waals surface area contributed by atoms with Crippen LogP contribution in [0.3, 0.4) is 0 Å². The van der Waals surface area contributed by atoms with Crippen molar-refractivity contribution in [2.45, 2.75) is 38.6 Å². The zero-order chi connectivity index (χ0) is 18.0. The maximum Gasteiger partial charge on any atom is 0.325 e. The van der Waals surface area contributed by atoms with Gasteiger partial charge in [0.1, 0.15) is 12.1 Å². The number of carbonyl (C=O) groups is 3. The molecule has 25 heavy (non-hydrogen) atoms. The average Bonchev–Trinajstić information content (AvgIpc) is 2.78. The molecule has 0 bridgehead atoms. The third kappa shape index (κ3) is 3.81. The predicted molar refractivity (Wildman–Crippen MR) is 91.6 cm³/mol. The normalized spacial score (nSPS) is 22.9. The zero-order valence-electron chi connectivity index (χ0n) is 14.7. The Kier molecular flexibility index (Phi) is 4.74. The van der Waals surface area contributed by atoms with Gasteiger partial charge in [-0.2, -0.15) is 0 Å². The summed E-state index contributed by atoms with van der Waals surface area (Å²) in [6, 6.07) is 5.36. The number of carbonyl (C=O) groups excluding carboxylic acids is 3. The van der Waals surface area contributed by atoms with E-state index in [0.717, 1.165) is 29.9 Å². The lowest BCUT2D eigenvalue weighted by Crippen LogP contribution is -2.47. The molecule has 1 aromatic heterocycles. The van der Waals surface area contributed by atoms with Crippen LogP contribution in [0.2, 0.25) is 0 Å². The van der Waals surface area contributed by atoms with Gasteiger partial charge in [0.2, 0.25) is 5.91 Å². The maximum absolute atomic E-state index is 12.6. The lowest BCUT2D eigenvalue weighted by molar-refractivity contribution is -0.139. The Morgan fingerprint density at radius 1 is 1.36 bits per heavy atom. The Balaban J connectivity index is 1.59. The number of rotatable bonds is 4. The van der Waals surface area contributed by atoms with Crippen molar-refractivity contribution in [1.82, 2.24) is 20.1 Å². The minimum atomic E-state index is -0.944. The van der Waals surface area contributed by atoms with E-state index in [-0.39, 0.29) is 18.4 Å². The molecule has 0 aliphatic carbocycles. The summed E-state index contributed by atoms with van der Waals surface area (Å²) < 4.78 is 0. The highest BCUT2D eigenvalue weighted by Gasteiger charge is 2.45. The van der Waals surface area contributed by atoms with Crippen molar-refractivity contribution in [3.8, 4) is 0 Å². The number of pyridine rings is 1. The summed E-state index contributed by atoms with van der Waals surface area (Å²) in [5.41, 5.74) is 0.0819. The lowest BCUT2D eigenvalue weighted by atomic mass is 9.93. The van der Waals surface area contributed by atoms with Gasteiger partial charge in [-0.15, -0.1) is 0 Å². The first-order chi connectivity index (χ1) is 11.9. The number of aromatic nitrogens is 1. The van der Waals surface area contributed by atoms with Crippen molar-refractivity contribution >= 4 is 17.8 Å². The molecule has 4 amide bonds. The van der Waals surface area contributed by atoms with E-state index < -0.39 is 11.6 Å². The summed E-state index contributed by atoms with van der Waals surface area (Å²) in [6.07, 6.45) is 4.59. The van der Waals surface area contributed by atoms with Crippen molar-refractivity contribution in [3.05, 3.63) is 30.1 Å². The Labute approximate surface area is 147 Å². The molecule has 7 heteroatoms. The molecule has 2 aliphatic heterocycles. The second-order valence-corrected chi connectivity index (χ2v) is 7.32. The first kappa shape index (κ1) is 17.4. The number of amides is 4. The van der Waals surface area contributed by atoms with E-state index in [1.54, 1.807) is 24.9 Å². The number of nitrogens with zero attached hydrogens (tertiary/aromatic N) is 3. The van der Waals surface area contributed by atoms with Crippen molar-refractivity contribution in [3.63, 3.8) is 0 Å². The first-order valence-electron chi connectivity index (χ1n) is 8.68. The van der Waals surface area contributed by atoms with Gasteiger partial charge in [0.15, 0.2) is 0 Å². The van der Waals surface area contributed by atoms with Gasteiger partial charge >= 0.3 is 6.03 Å². The van der Waals surface area contributed by atoms with E-state index in [0.29, 0.717) is 19.0 Å². The largest absolute Gasteiger partial charge is 0.341 e. The Bertz CT molecular complexity index is 674. The molecule has 0 radical (unpaired) electrons. The van der Waals surface area contributed by atoms with Crippen LogP contribution in [0.4, 0.5) is 4.79 Å². The van der Waals surface area contributed by atoms with Crippen LogP contribution in [-0.2, 0) is 16.0 Å². The monoisotopic (exact) mass is 344 g/mol. The molecule has 2 aliphatic rings. The Morgan fingerprint density at radius 3 is 2.80 bits per heavy atom. The quantitative estimate of drug-likeness (QED) is 0.832. The van der Waals surface area contributed by atoms with Gasteiger partial charge in [0.05, 0.1) is 0 Å². The van der Waals surface area contributed by atoms with Gasteiger partial charge < -0.3 is 10.2 Å². The molecule has 7 nitrogen and oxygen atoms in total. The highest BCUT2D eigenvalue weighted by Crippen LogP contribution is 2.21. The van der Waals surface area contributed by atoms with Gasteiger partial charge in [-0.05, 0) is 51.2 Å². The Hall–Kier alpha value is -2.44. The molecule has 0 spiro atoms. The summed E-state index contributed by atoms with van der Waals surface area (Å²) >= 11 is 0. The third-order valence-electron chi connectivity index (χ3n) is 4.83. The summed E-state index contributed by atoms with van der Waals surface area (Å²) in [5.74, 6) is -0.174. The Morgan fingerprint density at radius 2 is 2.16 bits per heavy atom. The van der Waals surface area contributed by atoms with Crippen LogP contribution < -0.4 is 5.32 Å². The van der Waals surface area contributed by atoms with Gasteiger partial charge in [-0.1, -0.05) is 6.07 Å². The van der Waals surface area contributed by atoms with Crippen molar-refractivity contribution in [2.75, 3.05) is 19.6 Å². The third-order valence-corrected chi connectivity index (χ3v) is 4.83. The zero-order valence-corrected chi connectivity index (χ0v) is 14.7. The van der Waals surface area contributed by atoms with Gasteiger partial charge in [-0.3, -0.25) is 19.5 Å². The van der Waals surface area contributed by atoms with Crippen LogP contribution >= 0.6 is 0 Å². The number of hydrogen-bond acceptors (Lipinski definition) is 4. The molecule has 3 rings (SSSR count). The fraction of sp³-hybridized carbons (Fsp3) is 0.556. The summed E-state index contributed by atoms with van der Waals surface area (Å²) in [5, 5.41) is 2.60. The smallest absolute Gasteiger partial charge is 0.325 e. The summed E-state index contributed by atoms with van der Waals surface area (Å²) in [4.78, 5) is 43.9. The highest BCUT2D eigenvalue weighted by atomic mass is 16.2. The second-order valence-electron chi connectivity index (χ2n) is 7.32. The SMILES string of the molecule is CC1(C)NC(=O)N(CC(=O)N2CCCC(Cc3ccccn3)C2)C1=O. The van der Waals surface area contributed by atoms with E-state index in [1.807, 2.05) is 18.2 Å². The van der Waals surface area contributed by atoms with E-state index in [1.165, 1.54) is 0 Å². The van der Waals surface area contributed by atoms with Crippen LogP contribution in [0.15, 0.2) is 24.4 Å². The highest BCUT2D eigenvalue weighted by molar-refractivity contribution is 6.08. The van der Waals surface area contributed by atoms with E-state index in [9.17, 15) is 14.4 Å². The number of urea groups is 1. The van der Waals surface area contributed by atoms with Gasteiger partial charge in [0, 0.05) is 25.0 Å². The molecular weight excluding hydrogens is 320 g/mol. The summed E-state index contributed by atoms with van der Waals surface area (Å²) in [6.45, 7) is 4.40. The molecule has 1 aromatic rings. The van der Waals surface area contributed by atoms with Crippen molar-refractivity contribution < 1.29 is 14.4 Å². The second kappa shape index (κ2) is 6.82. The van der Waals surface area contributed by atoms with E-state index in [2.05, 4.69) is 10.3 Å². The number of likely N-dealkylation sites (tertiary alicyclic amines) is 1. The molecular formula is C18H24N4O3. The number of hydrogen-bond donors (Lipinski definition) is 1. The molecule has 0 aromatic carbocycles. The van der Waals surface area contributed by atoms with Crippen LogP contribution in [-0.4, -0.2) is 57.8 Å². The molecule has 1 N–H and O–H groups in total. The van der Waals surface area contributed by atoms with Crippen LogP contribution in [0.1, 0.15) is 32.4 Å². The number of imide groups is 1. The fourth-order valence-electron chi connectivity index (χ4n) is 3.47. The first-order valence-corrected chi connectivity index (χ1v) is 8.68. The van der Waals surface area contributed by atoms with Crippen molar-refractivity contribution in [1.29, 1.82) is 0 Å². The number of piperidine rings is 1. The van der Waals surface area contributed by atoms with Crippen LogP contribution in [0.5, 0.6) is 0 Å². The van der Waals surface area contributed by atoms with E-state index in [4.69, 9.17) is 0 Å². The maximum atomic E-state index is 12.6. The predicted octanol–water partition coefficient (Wildman–Crippen LogP) is 1.19. The van der Waals surface area contributed by atoms with Crippen LogP contribution in [0.25, 0.3) is 0 Å².